The van der Waals surface area contributed by atoms with Crippen molar-refractivity contribution in [2.45, 2.75) is 129 Å². The molecule has 196 valence electrons. The number of rotatable bonds is 26. The molecule has 0 saturated carbocycles. The van der Waals surface area contributed by atoms with E-state index in [2.05, 4.69) is 57.1 Å². The summed E-state index contributed by atoms with van der Waals surface area (Å²) in [5.41, 5.74) is 0. The fourth-order valence-corrected chi connectivity index (χ4v) is 3.79. The lowest BCUT2D eigenvalue weighted by atomic mass is 10.1. The number of likely N-dealkylation sites (N-methyl/N-ethyl adjacent to an activating group) is 1. The molecule has 0 aromatic rings. The molecule has 3 nitrogen and oxygen atoms in total. The van der Waals surface area contributed by atoms with Gasteiger partial charge in [-0.05, 0) is 59.0 Å². The Hall–Kier alpha value is -0.640. The fraction of sp³-hybridized carbons (Fsp3) is 0.867. The minimum atomic E-state index is 0.366. The molecule has 0 heterocycles. The molecule has 33 heavy (non-hydrogen) atoms. The van der Waals surface area contributed by atoms with Gasteiger partial charge in [0.25, 0.3) is 0 Å². The third kappa shape index (κ3) is 25.8. The van der Waals surface area contributed by atoms with Gasteiger partial charge in [0.15, 0.2) is 0 Å². The smallest absolute Gasteiger partial charge is 0.0644 e. The van der Waals surface area contributed by atoms with Gasteiger partial charge in [-0.25, -0.2) is 0 Å². The van der Waals surface area contributed by atoms with E-state index in [1.807, 2.05) is 0 Å². The van der Waals surface area contributed by atoms with Crippen molar-refractivity contribution in [1.29, 1.82) is 0 Å². The average molecular weight is 466 g/mol. The molecule has 0 rings (SSSR count). The van der Waals surface area contributed by atoms with Crippen molar-refractivity contribution in [1.82, 2.24) is 4.90 Å². The standard InChI is InChI=1S/C30H59NO2/c1-5-7-9-11-12-13-14-15-16-17-18-19-20-21-23-25-27-33-29-30(31(3)4)28-32-26-24-22-10-8-6-2/h12-13,15-16,30H,5-11,14,17-29H2,1-4H3/b13-12-,16-15-. The Labute approximate surface area is 208 Å². The van der Waals surface area contributed by atoms with Crippen LogP contribution in [0.25, 0.3) is 0 Å². The van der Waals surface area contributed by atoms with E-state index in [9.17, 15) is 0 Å². The van der Waals surface area contributed by atoms with Gasteiger partial charge in [0, 0.05) is 13.2 Å². The van der Waals surface area contributed by atoms with Crippen LogP contribution in [-0.4, -0.2) is 51.5 Å². The molecule has 0 aromatic heterocycles. The summed E-state index contributed by atoms with van der Waals surface area (Å²) >= 11 is 0. The monoisotopic (exact) mass is 465 g/mol. The zero-order chi connectivity index (χ0) is 24.2. The van der Waals surface area contributed by atoms with Crippen LogP contribution in [0.1, 0.15) is 123 Å². The zero-order valence-electron chi connectivity index (χ0n) is 23.0. The Kier molecular flexibility index (Phi) is 27.1. The lowest BCUT2D eigenvalue weighted by Gasteiger charge is -2.24. The summed E-state index contributed by atoms with van der Waals surface area (Å²) in [6.45, 7) is 7.86. The van der Waals surface area contributed by atoms with E-state index >= 15 is 0 Å². The van der Waals surface area contributed by atoms with Gasteiger partial charge in [-0.1, -0.05) is 102 Å². The normalized spacial score (nSPS) is 13.1. The summed E-state index contributed by atoms with van der Waals surface area (Å²) in [6.07, 6.45) is 31.3. The first-order valence-electron chi connectivity index (χ1n) is 14.3. The lowest BCUT2D eigenvalue weighted by molar-refractivity contribution is 0.0197. The quantitative estimate of drug-likeness (QED) is 0.0941. The van der Waals surface area contributed by atoms with E-state index in [0.717, 1.165) is 32.8 Å². The number of nitrogens with zero attached hydrogens (tertiary/aromatic N) is 1. The second-order valence-electron chi connectivity index (χ2n) is 9.77. The van der Waals surface area contributed by atoms with Crippen LogP contribution in [-0.2, 0) is 9.47 Å². The highest BCUT2D eigenvalue weighted by atomic mass is 16.5. The average Bonchev–Trinajstić information content (AvgIpc) is 2.81. The number of ether oxygens (including phenoxy) is 2. The van der Waals surface area contributed by atoms with E-state index in [0.29, 0.717) is 6.04 Å². The molecule has 1 atom stereocenters. The van der Waals surface area contributed by atoms with Gasteiger partial charge >= 0.3 is 0 Å². The van der Waals surface area contributed by atoms with E-state index in [4.69, 9.17) is 9.47 Å². The van der Waals surface area contributed by atoms with Gasteiger partial charge in [0.05, 0.1) is 19.3 Å². The molecule has 0 aromatic carbocycles. The molecular weight excluding hydrogens is 406 g/mol. The van der Waals surface area contributed by atoms with Crippen molar-refractivity contribution in [2.24, 2.45) is 0 Å². The third-order valence-electron chi connectivity index (χ3n) is 6.23. The highest BCUT2D eigenvalue weighted by Crippen LogP contribution is 2.09. The molecule has 1 unspecified atom stereocenters. The van der Waals surface area contributed by atoms with E-state index < -0.39 is 0 Å². The number of hydrogen-bond donors (Lipinski definition) is 0. The predicted molar refractivity (Wildman–Crippen MR) is 147 cm³/mol. The molecule has 0 bridgehead atoms. The van der Waals surface area contributed by atoms with E-state index in [1.54, 1.807) is 0 Å². The van der Waals surface area contributed by atoms with Crippen molar-refractivity contribution in [2.75, 3.05) is 40.5 Å². The van der Waals surface area contributed by atoms with Crippen LogP contribution in [0, 0.1) is 0 Å². The largest absolute Gasteiger partial charge is 0.380 e. The molecule has 0 amide bonds. The minimum Gasteiger partial charge on any atom is -0.380 e. The molecular formula is C30H59NO2. The first-order chi connectivity index (χ1) is 16.2. The molecule has 0 aliphatic rings. The Morgan fingerprint density at radius 1 is 0.545 bits per heavy atom. The molecule has 0 saturated heterocycles. The maximum absolute atomic E-state index is 5.95. The Bertz CT molecular complexity index is 420. The molecule has 0 fully saturated rings. The van der Waals surface area contributed by atoms with Crippen LogP contribution >= 0.6 is 0 Å². The number of hydrogen-bond acceptors (Lipinski definition) is 3. The maximum atomic E-state index is 5.95. The van der Waals surface area contributed by atoms with Crippen molar-refractivity contribution in [3.8, 4) is 0 Å². The SMILES string of the molecule is CCCCC/C=C\C/C=C\CCCCCCCCOCC(COCCCCCCC)N(C)C. The van der Waals surface area contributed by atoms with Crippen molar-refractivity contribution in [3.63, 3.8) is 0 Å². The van der Waals surface area contributed by atoms with Gasteiger partial charge in [0.2, 0.25) is 0 Å². The van der Waals surface area contributed by atoms with Crippen LogP contribution in [0.3, 0.4) is 0 Å². The van der Waals surface area contributed by atoms with Gasteiger partial charge in [-0.15, -0.1) is 0 Å². The second kappa shape index (κ2) is 27.6. The topological polar surface area (TPSA) is 21.7 Å². The summed E-state index contributed by atoms with van der Waals surface area (Å²) in [4.78, 5) is 2.23. The zero-order valence-corrected chi connectivity index (χ0v) is 23.0. The first-order valence-corrected chi connectivity index (χ1v) is 14.3. The van der Waals surface area contributed by atoms with E-state index in [1.165, 1.54) is 103 Å². The van der Waals surface area contributed by atoms with Crippen LogP contribution in [0.5, 0.6) is 0 Å². The van der Waals surface area contributed by atoms with Crippen LogP contribution < -0.4 is 0 Å². The van der Waals surface area contributed by atoms with Crippen LogP contribution in [0.15, 0.2) is 24.3 Å². The first kappa shape index (κ1) is 32.4. The summed E-state index contributed by atoms with van der Waals surface area (Å²) in [7, 11) is 4.25. The van der Waals surface area contributed by atoms with Crippen molar-refractivity contribution >= 4 is 0 Å². The molecule has 0 N–H and O–H groups in total. The molecule has 0 aliphatic carbocycles. The lowest BCUT2D eigenvalue weighted by Crippen LogP contribution is -2.37. The number of allylic oxidation sites excluding steroid dienone is 4. The second-order valence-corrected chi connectivity index (χ2v) is 9.77. The van der Waals surface area contributed by atoms with Crippen molar-refractivity contribution in [3.05, 3.63) is 24.3 Å². The van der Waals surface area contributed by atoms with Gasteiger partial charge in [0.1, 0.15) is 0 Å². The summed E-state index contributed by atoms with van der Waals surface area (Å²) in [5.74, 6) is 0. The Morgan fingerprint density at radius 2 is 0.970 bits per heavy atom. The molecule has 0 spiro atoms. The number of unbranched alkanes of at least 4 members (excludes halogenated alkanes) is 13. The van der Waals surface area contributed by atoms with Crippen LogP contribution in [0.2, 0.25) is 0 Å². The maximum Gasteiger partial charge on any atom is 0.0644 e. The Morgan fingerprint density at radius 3 is 1.48 bits per heavy atom. The predicted octanol–water partition coefficient (Wildman–Crippen LogP) is 8.73. The third-order valence-corrected chi connectivity index (χ3v) is 6.23. The Balaban J connectivity index is 3.44. The van der Waals surface area contributed by atoms with Gasteiger partial charge in [-0.2, -0.15) is 0 Å². The molecule has 0 aliphatic heterocycles. The minimum absolute atomic E-state index is 0.366. The van der Waals surface area contributed by atoms with Crippen LogP contribution in [0.4, 0.5) is 0 Å². The van der Waals surface area contributed by atoms with Gasteiger partial charge in [-0.3, -0.25) is 0 Å². The highest BCUT2D eigenvalue weighted by Gasteiger charge is 2.11. The summed E-state index contributed by atoms with van der Waals surface area (Å²) in [6, 6.07) is 0.366. The fourth-order valence-electron chi connectivity index (χ4n) is 3.79. The molecule has 3 heteroatoms. The summed E-state index contributed by atoms with van der Waals surface area (Å²) < 4.78 is 11.8. The molecule has 0 radical (unpaired) electrons. The van der Waals surface area contributed by atoms with Gasteiger partial charge < -0.3 is 14.4 Å². The summed E-state index contributed by atoms with van der Waals surface area (Å²) in [5, 5.41) is 0. The highest BCUT2D eigenvalue weighted by molar-refractivity contribution is 4.92. The van der Waals surface area contributed by atoms with Crippen molar-refractivity contribution < 1.29 is 9.47 Å². The van der Waals surface area contributed by atoms with E-state index in [-0.39, 0.29) is 0 Å².